The molecule has 3 rings (SSSR count). The minimum Gasteiger partial charge on any atom is -0.444 e. The Morgan fingerprint density at radius 3 is 2.28 bits per heavy atom. The third kappa shape index (κ3) is 5.59. The van der Waals surface area contributed by atoms with Crippen molar-refractivity contribution in [2.75, 3.05) is 19.7 Å². The maximum Gasteiger partial charge on any atom is 0.419 e. The minimum atomic E-state index is -0.597. The largest absolute Gasteiger partial charge is 0.444 e. The lowest BCUT2D eigenvalue weighted by Crippen LogP contribution is -2.44. The molecule has 1 amide bonds. The monoisotopic (exact) mass is 445 g/mol. The summed E-state index contributed by atoms with van der Waals surface area (Å²) in [5, 5.41) is 0. The highest BCUT2D eigenvalue weighted by molar-refractivity contribution is 5.90. The molecule has 1 atom stereocenters. The highest BCUT2D eigenvalue weighted by atomic mass is 16.6. The van der Waals surface area contributed by atoms with E-state index in [2.05, 4.69) is 13.8 Å². The fourth-order valence-electron chi connectivity index (χ4n) is 3.53. The fourth-order valence-corrected chi connectivity index (χ4v) is 3.53. The summed E-state index contributed by atoms with van der Waals surface area (Å²) in [5.41, 5.74) is 1.94. The summed E-state index contributed by atoms with van der Waals surface area (Å²) in [6.45, 7) is 16.4. The van der Waals surface area contributed by atoms with Gasteiger partial charge in [-0.05, 0) is 65.2 Å². The van der Waals surface area contributed by atoms with Crippen LogP contribution in [0.4, 0.5) is 9.59 Å². The first-order valence-corrected chi connectivity index (χ1v) is 11.1. The van der Waals surface area contributed by atoms with Crippen molar-refractivity contribution >= 4 is 23.2 Å². The van der Waals surface area contributed by atoms with Gasteiger partial charge in [0.15, 0.2) is 0 Å². The van der Waals surface area contributed by atoms with E-state index >= 15 is 0 Å². The van der Waals surface area contributed by atoms with Gasteiger partial charge in [-0.2, -0.15) is 0 Å². The number of carbonyl (C=O) groups is 2. The van der Waals surface area contributed by atoms with Crippen LogP contribution in [0.1, 0.15) is 78.7 Å². The number of fused-ring (bicyclic) bond motifs is 1. The van der Waals surface area contributed by atoms with E-state index in [-0.39, 0.29) is 18.1 Å². The molecular weight excluding hydrogens is 410 g/mol. The third-order valence-corrected chi connectivity index (χ3v) is 4.96. The molecule has 0 bridgehead atoms. The van der Waals surface area contributed by atoms with Gasteiger partial charge < -0.3 is 19.1 Å². The van der Waals surface area contributed by atoms with Gasteiger partial charge in [-0.25, -0.2) is 14.6 Å². The Morgan fingerprint density at radius 1 is 1.06 bits per heavy atom. The predicted octanol–water partition coefficient (Wildman–Crippen LogP) is 5.25. The summed E-state index contributed by atoms with van der Waals surface area (Å²) in [6, 6.07) is 3.71. The van der Waals surface area contributed by atoms with Crippen molar-refractivity contribution in [3.05, 3.63) is 29.6 Å². The first kappa shape index (κ1) is 24.0. The number of nitrogens with zero attached hydrogens (tertiary/aromatic N) is 3. The zero-order chi connectivity index (χ0) is 23.8. The maximum atomic E-state index is 12.8. The van der Waals surface area contributed by atoms with Crippen LogP contribution in [0, 0.1) is 0 Å². The molecule has 1 aliphatic heterocycles. The van der Waals surface area contributed by atoms with Crippen LogP contribution >= 0.6 is 0 Å². The zero-order valence-corrected chi connectivity index (χ0v) is 20.4. The van der Waals surface area contributed by atoms with Crippen molar-refractivity contribution in [1.29, 1.82) is 0 Å². The number of hydrogen-bond donors (Lipinski definition) is 0. The van der Waals surface area contributed by atoms with E-state index in [4.69, 9.17) is 19.2 Å². The summed E-state index contributed by atoms with van der Waals surface area (Å²) in [7, 11) is 0. The second-order valence-electron chi connectivity index (χ2n) is 10.5. The van der Waals surface area contributed by atoms with Gasteiger partial charge in [0.2, 0.25) is 0 Å². The van der Waals surface area contributed by atoms with Crippen LogP contribution in [-0.4, -0.2) is 57.5 Å². The predicted molar refractivity (Wildman–Crippen MR) is 122 cm³/mol. The molecule has 8 nitrogen and oxygen atoms in total. The number of aromatic nitrogens is 2. The number of ether oxygens (including phenoxy) is 3. The fraction of sp³-hybridized carbons (Fsp3) is 0.625. The molecule has 32 heavy (non-hydrogen) atoms. The molecular formula is C24H35N3O5. The summed E-state index contributed by atoms with van der Waals surface area (Å²) in [4.78, 5) is 31.8. The lowest BCUT2D eigenvalue weighted by Gasteiger charge is -2.34. The summed E-state index contributed by atoms with van der Waals surface area (Å²) in [5.74, 6) is 0.162. The normalized spacial score (nSPS) is 17.7. The van der Waals surface area contributed by atoms with E-state index in [0.29, 0.717) is 25.2 Å². The van der Waals surface area contributed by atoms with Crippen LogP contribution in [0.5, 0.6) is 0 Å². The van der Waals surface area contributed by atoms with Gasteiger partial charge in [-0.1, -0.05) is 13.8 Å². The number of amides is 1. The van der Waals surface area contributed by atoms with Crippen molar-refractivity contribution in [2.45, 2.75) is 78.6 Å². The summed E-state index contributed by atoms with van der Waals surface area (Å²) >= 11 is 0. The number of rotatable bonds is 2. The molecule has 0 radical (unpaired) electrons. The van der Waals surface area contributed by atoms with Crippen LogP contribution in [0.2, 0.25) is 0 Å². The van der Waals surface area contributed by atoms with Crippen LogP contribution in [0.25, 0.3) is 11.0 Å². The molecule has 2 aromatic heterocycles. The van der Waals surface area contributed by atoms with Crippen LogP contribution in [0.3, 0.4) is 0 Å². The van der Waals surface area contributed by atoms with E-state index in [1.165, 1.54) is 4.57 Å². The van der Waals surface area contributed by atoms with E-state index in [9.17, 15) is 9.59 Å². The van der Waals surface area contributed by atoms with Crippen molar-refractivity contribution in [3.63, 3.8) is 0 Å². The smallest absolute Gasteiger partial charge is 0.419 e. The molecule has 0 spiro atoms. The molecule has 1 aliphatic rings. The van der Waals surface area contributed by atoms with Crippen molar-refractivity contribution in [1.82, 2.24) is 14.5 Å². The van der Waals surface area contributed by atoms with Crippen molar-refractivity contribution in [3.8, 4) is 0 Å². The first-order valence-electron chi connectivity index (χ1n) is 11.1. The van der Waals surface area contributed by atoms with Crippen molar-refractivity contribution < 1.29 is 23.8 Å². The average Bonchev–Trinajstić information content (AvgIpc) is 3.04. The molecule has 1 fully saturated rings. The van der Waals surface area contributed by atoms with Gasteiger partial charge in [-0.3, -0.25) is 4.57 Å². The Hall–Kier alpha value is -2.61. The summed E-state index contributed by atoms with van der Waals surface area (Å²) in [6.07, 6.45) is 0.639. The summed E-state index contributed by atoms with van der Waals surface area (Å²) < 4.78 is 18.5. The molecule has 8 heteroatoms. The Balaban J connectivity index is 1.91. The molecule has 1 unspecified atom stereocenters. The standard InChI is InChI=1S/C24H35N3O5/c1-15(2)16-13-27(22(29)32-24(6,7)8)18-10-9-17(25-20(16)18)19-14-26(11-12-30-19)21(28)31-23(3,4)5/h9-10,13,15,19H,11-12,14H2,1-8H3. The number of hydrogen-bond acceptors (Lipinski definition) is 6. The molecule has 0 aliphatic carbocycles. The molecule has 0 aromatic carbocycles. The van der Waals surface area contributed by atoms with Gasteiger partial charge in [0.25, 0.3) is 0 Å². The van der Waals surface area contributed by atoms with Gasteiger partial charge in [0.1, 0.15) is 17.3 Å². The highest BCUT2D eigenvalue weighted by Crippen LogP contribution is 2.30. The first-order chi connectivity index (χ1) is 14.7. The van der Waals surface area contributed by atoms with E-state index in [1.807, 2.05) is 53.7 Å². The van der Waals surface area contributed by atoms with Crippen LogP contribution in [0.15, 0.2) is 18.3 Å². The maximum absolute atomic E-state index is 12.8. The average molecular weight is 446 g/mol. The quantitative estimate of drug-likeness (QED) is 0.628. The SMILES string of the molecule is CC(C)c1cn(C(=O)OC(C)(C)C)c2ccc(C3CN(C(=O)OC(C)(C)C)CCO3)nc12. The van der Waals surface area contributed by atoms with E-state index in [0.717, 1.165) is 16.8 Å². The molecule has 1 saturated heterocycles. The molecule has 2 aromatic rings. The number of carbonyl (C=O) groups excluding carboxylic acids is 2. The second-order valence-corrected chi connectivity index (χ2v) is 10.5. The topological polar surface area (TPSA) is 82.9 Å². The third-order valence-electron chi connectivity index (χ3n) is 4.96. The molecule has 176 valence electrons. The molecule has 0 saturated carbocycles. The zero-order valence-electron chi connectivity index (χ0n) is 20.4. The highest BCUT2D eigenvalue weighted by Gasteiger charge is 2.30. The lowest BCUT2D eigenvalue weighted by atomic mass is 10.1. The molecule has 0 N–H and O–H groups in total. The van der Waals surface area contributed by atoms with E-state index in [1.54, 1.807) is 11.1 Å². The van der Waals surface area contributed by atoms with Gasteiger partial charge >= 0.3 is 12.2 Å². The van der Waals surface area contributed by atoms with Crippen molar-refractivity contribution in [2.24, 2.45) is 0 Å². The Kier molecular flexibility index (Phi) is 6.56. The number of pyridine rings is 1. The lowest BCUT2D eigenvalue weighted by molar-refractivity contribution is -0.0446. The Labute approximate surface area is 189 Å². The van der Waals surface area contributed by atoms with Gasteiger partial charge in [0, 0.05) is 12.7 Å². The van der Waals surface area contributed by atoms with Gasteiger partial charge in [-0.15, -0.1) is 0 Å². The van der Waals surface area contributed by atoms with E-state index < -0.39 is 17.3 Å². The Morgan fingerprint density at radius 2 is 1.69 bits per heavy atom. The van der Waals surface area contributed by atoms with Crippen LogP contribution in [-0.2, 0) is 14.2 Å². The number of morpholine rings is 1. The Bertz CT molecular complexity index is 997. The minimum absolute atomic E-state index is 0.162. The molecule has 3 heterocycles. The van der Waals surface area contributed by atoms with Crippen LogP contribution < -0.4 is 0 Å². The van der Waals surface area contributed by atoms with Gasteiger partial charge in [0.05, 0.1) is 29.9 Å². The second kappa shape index (κ2) is 8.73.